The van der Waals surface area contributed by atoms with Crippen molar-refractivity contribution in [2.45, 2.75) is 13.3 Å². The summed E-state index contributed by atoms with van der Waals surface area (Å²) in [6, 6.07) is 0. The second kappa shape index (κ2) is 4.71. The van der Waals surface area contributed by atoms with Crippen LogP contribution in [-0.2, 0) is 11.2 Å². The number of thiazole rings is 1. The molecule has 0 unspecified atom stereocenters. The van der Waals surface area contributed by atoms with E-state index in [0.29, 0.717) is 13.0 Å². The average molecular weight is 214 g/mol. The molecule has 14 heavy (non-hydrogen) atoms. The monoisotopic (exact) mass is 214 g/mol. The van der Waals surface area contributed by atoms with E-state index in [1.165, 1.54) is 23.6 Å². The van der Waals surface area contributed by atoms with Crippen molar-refractivity contribution >= 4 is 23.2 Å². The fourth-order valence-electron chi connectivity index (χ4n) is 0.869. The van der Waals surface area contributed by atoms with Crippen LogP contribution >= 0.6 is 11.3 Å². The maximum absolute atomic E-state index is 10.5. The second-order valence-corrected chi connectivity index (χ2v) is 3.61. The Kier molecular flexibility index (Phi) is 3.58. The molecule has 0 aliphatic heterocycles. The zero-order chi connectivity index (χ0) is 10.6. The van der Waals surface area contributed by atoms with Crippen molar-refractivity contribution in [3.05, 3.63) is 16.1 Å². The minimum atomic E-state index is -1.02. The molecule has 0 aliphatic rings. The molecule has 0 atom stereocenters. The number of rotatable bonds is 4. The lowest BCUT2D eigenvalue weighted by Gasteiger charge is -1.97. The number of nitrogens with zero attached hydrogens (tertiary/aromatic N) is 1. The van der Waals surface area contributed by atoms with Crippen molar-refractivity contribution in [2.24, 2.45) is 0 Å². The molecular formula is C8H10N2O3S. The molecule has 0 aliphatic carbocycles. The molecule has 2 N–H and O–H groups in total. The number of carbonyl (C=O) groups is 2. The summed E-state index contributed by atoms with van der Waals surface area (Å²) >= 11 is 1.29. The number of aromatic nitrogens is 1. The van der Waals surface area contributed by atoms with Crippen LogP contribution in [-0.4, -0.2) is 28.5 Å². The Labute approximate surface area is 84.8 Å². The molecule has 0 saturated heterocycles. The zero-order valence-corrected chi connectivity index (χ0v) is 8.43. The van der Waals surface area contributed by atoms with Gasteiger partial charge in [-0.25, -0.2) is 9.78 Å². The van der Waals surface area contributed by atoms with E-state index in [0.717, 1.165) is 5.01 Å². The van der Waals surface area contributed by atoms with Crippen LogP contribution in [0.3, 0.4) is 0 Å². The van der Waals surface area contributed by atoms with Gasteiger partial charge in [0.05, 0.1) is 5.01 Å². The highest BCUT2D eigenvalue weighted by atomic mass is 32.1. The Morgan fingerprint density at radius 3 is 2.86 bits per heavy atom. The van der Waals surface area contributed by atoms with Crippen LogP contribution in [0.4, 0.5) is 0 Å². The lowest BCUT2D eigenvalue weighted by Crippen LogP contribution is -2.22. The van der Waals surface area contributed by atoms with E-state index in [-0.39, 0.29) is 11.6 Å². The third-order valence-corrected chi connectivity index (χ3v) is 2.39. The van der Waals surface area contributed by atoms with Crippen LogP contribution in [0.25, 0.3) is 0 Å². The molecular weight excluding hydrogens is 204 g/mol. The van der Waals surface area contributed by atoms with E-state index >= 15 is 0 Å². The first-order chi connectivity index (χ1) is 6.59. The summed E-state index contributed by atoms with van der Waals surface area (Å²) in [5, 5.41) is 13.4. The topological polar surface area (TPSA) is 79.3 Å². The molecule has 0 fully saturated rings. The van der Waals surface area contributed by atoms with Crippen LogP contribution in [0.15, 0.2) is 5.38 Å². The largest absolute Gasteiger partial charge is 0.476 e. The quantitative estimate of drug-likeness (QED) is 0.765. The Hall–Kier alpha value is -1.43. The summed E-state index contributed by atoms with van der Waals surface area (Å²) in [4.78, 5) is 24.9. The number of hydrogen-bond donors (Lipinski definition) is 2. The van der Waals surface area contributed by atoms with Crippen LogP contribution in [0.5, 0.6) is 0 Å². The lowest BCUT2D eigenvalue weighted by molar-refractivity contribution is -0.118. The van der Waals surface area contributed by atoms with Crippen LogP contribution in [0, 0.1) is 0 Å². The van der Waals surface area contributed by atoms with Gasteiger partial charge in [0.2, 0.25) is 5.91 Å². The molecule has 5 nitrogen and oxygen atoms in total. The van der Waals surface area contributed by atoms with Gasteiger partial charge in [-0.05, 0) is 0 Å². The van der Waals surface area contributed by atoms with Crippen LogP contribution in [0.2, 0.25) is 0 Å². The van der Waals surface area contributed by atoms with Crippen LogP contribution in [0.1, 0.15) is 22.4 Å². The summed E-state index contributed by atoms with van der Waals surface area (Å²) in [7, 11) is 0. The van der Waals surface area contributed by atoms with E-state index in [9.17, 15) is 9.59 Å². The number of amides is 1. The SMILES string of the molecule is CC(=O)NCCc1nc(C(=O)O)cs1. The normalized spacial score (nSPS) is 9.79. The third kappa shape index (κ3) is 3.14. The molecule has 1 amide bonds. The van der Waals surface area contributed by atoms with Gasteiger partial charge >= 0.3 is 5.97 Å². The third-order valence-electron chi connectivity index (χ3n) is 1.48. The first-order valence-electron chi connectivity index (χ1n) is 4.01. The summed E-state index contributed by atoms with van der Waals surface area (Å²) in [5.74, 6) is -1.12. The van der Waals surface area contributed by atoms with Crippen molar-refractivity contribution in [2.75, 3.05) is 6.54 Å². The van der Waals surface area contributed by atoms with Gasteiger partial charge in [-0.3, -0.25) is 4.79 Å². The molecule has 1 rings (SSSR count). The number of carboxylic acid groups (broad SMARTS) is 1. The molecule has 0 spiro atoms. The Morgan fingerprint density at radius 2 is 2.36 bits per heavy atom. The first-order valence-corrected chi connectivity index (χ1v) is 4.89. The average Bonchev–Trinajstić information content (AvgIpc) is 2.52. The standard InChI is InChI=1S/C8H10N2O3S/c1-5(11)9-3-2-7-10-6(4-14-7)8(12)13/h4H,2-3H2,1H3,(H,9,11)(H,12,13). The smallest absolute Gasteiger partial charge is 0.355 e. The highest BCUT2D eigenvalue weighted by Gasteiger charge is 2.07. The number of nitrogens with one attached hydrogen (secondary N) is 1. The molecule has 0 aromatic carbocycles. The number of carbonyl (C=O) groups excluding carboxylic acids is 1. The van der Waals surface area contributed by atoms with Crippen molar-refractivity contribution < 1.29 is 14.7 Å². The molecule has 1 aromatic heterocycles. The van der Waals surface area contributed by atoms with Crippen molar-refractivity contribution in [3.8, 4) is 0 Å². The van der Waals surface area contributed by atoms with Crippen molar-refractivity contribution in [3.63, 3.8) is 0 Å². The molecule has 6 heteroatoms. The summed E-state index contributed by atoms with van der Waals surface area (Å²) < 4.78 is 0. The van der Waals surface area contributed by atoms with Crippen molar-refractivity contribution in [1.82, 2.24) is 10.3 Å². The zero-order valence-electron chi connectivity index (χ0n) is 7.61. The number of carboxylic acids is 1. The van der Waals surface area contributed by atoms with Crippen LogP contribution < -0.4 is 5.32 Å². The predicted octanol–water partition coefficient (Wildman–Crippen LogP) is 0.520. The first kappa shape index (κ1) is 10.6. The van der Waals surface area contributed by atoms with Gasteiger partial charge in [0.25, 0.3) is 0 Å². The Bertz CT molecular complexity index is 348. The number of aromatic carboxylic acids is 1. The maximum Gasteiger partial charge on any atom is 0.355 e. The second-order valence-electron chi connectivity index (χ2n) is 2.66. The Morgan fingerprint density at radius 1 is 1.64 bits per heavy atom. The highest BCUT2D eigenvalue weighted by molar-refractivity contribution is 7.09. The van der Waals surface area contributed by atoms with Gasteiger partial charge in [-0.1, -0.05) is 0 Å². The predicted molar refractivity (Wildman–Crippen MR) is 51.5 cm³/mol. The fraction of sp³-hybridized carbons (Fsp3) is 0.375. The molecule has 1 heterocycles. The molecule has 76 valence electrons. The van der Waals surface area contributed by atoms with E-state index in [2.05, 4.69) is 10.3 Å². The maximum atomic E-state index is 10.5. The van der Waals surface area contributed by atoms with Gasteiger partial charge in [0, 0.05) is 25.3 Å². The lowest BCUT2D eigenvalue weighted by atomic mass is 10.4. The van der Waals surface area contributed by atoms with Gasteiger partial charge in [0.1, 0.15) is 0 Å². The highest BCUT2D eigenvalue weighted by Crippen LogP contribution is 2.09. The van der Waals surface area contributed by atoms with Crippen molar-refractivity contribution in [1.29, 1.82) is 0 Å². The summed E-state index contributed by atoms with van der Waals surface area (Å²) in [6.07, 6.45) is 0.567. The molecule has 0 saturated carbocycles. The fourth-order valence-corrected chi connectivity index (χ4v) is 1.64. The van der Waals surface area contributed by atoms with E-state index in [1.54, 1.807) is 0 Å². The van der Waals surface area contributed by atoms with Gasteiger partial charge in [-0.2, -0.15) is 0 Å². The van der Waals surface area contributed by atoms with Gasteiger partial charge in [-0.15, -0.1) is 11.3 Å². The summed E-state index contributed by atoms with van der Waals surface area (Å²) in [6.45, 7) is 1.92. The minimum absolute atomic E-state index is 0.0628. The molecule has 1 aromatic rings. The van der Waals surface area contributed by atoms with E-state index in [4.69, 9.17) is 5.11 Å². The molecule has 0 bridgehead atoms. The van der Waals surface area contributed by atoms with E-state index in [1.807, 2.05) is 0 Å². The van der Waals surface area contributed by atoms with E-state index < -0.39 is 5.97 Å². The minimum Gasteiger partial charge on any atom is -0.476 e. The van der Waals surface area contributed by atoms with Gasteiger partial charge in [0.15, 0.2) is 5.69 Å². The van der Waals surface area contributed by atoms with Gasteiger partial charge < -0.3 is 10.4 Å². The molecule has 0 radical (unpaired) electrons. The summed E-state index contributed by atoms with van der Waals surface area (Å²) in [5.41, 5.74) is 0.0628. The number of hydrogen-bond acceptors (Lipinski definition) is 4. The Balaban J connectivity index is 2.44.